The van der Waals surface area contributed by atoms with Gasteiger partial charge in [-0.05, 0) is 18.1 Å². The molecule has 0 spiro atoms. The molecule has 31 heavy (non-hydrogen) atoms. The zero-order chi connectivity index (χ0) is 22.1. The number of benzene rings is 2. The first-order chi connectivity index (χ1) is 14.9. The van der Waals surface area contributed by atoms with Crippen molar-refractivity contribution in [2.24, 2.45) is 0 Å². The van der Waals surface area contributed by atoms with E-state index < -0.39 is 35.1 Å². The predicted octanol–water partition coefficient (Wildman–Crippen LogP) is 4.46. The molecule has 2 aromatic heterocycles. The Kier molecular flexibility index (Phi) is 5.19. The maximum absolute atomic E-state index is 13.2. The van der Waals surface area contributed by atoms with Gasteiger partial charge in [0.2, 0.25) is 17.3 Å². The quantitative estimate of drug-likeness (QED) is 0.344. The third-order valence-corrected chi connectivity index (χ3v) is 4.89. The zero-order valence-corrected chi connectivity index (χ0v) is 16.5. The van der Waals surface area contributed by atoms with E-state index in [4.69, 9.17) is 4.42 Å². The molecule has 7 heteroatoms. The number of carboxylic acids is 1. The van der Waals surface area contributed by atoms with E-state index >= 15 is 0 Å². The summed E-state index contributed by atoms with van der Waals surface area (Å²) in [7, 11) is 0. The number of rotatable bonds is 6. The van der Waals surface area contributed by atoms with Crippen LogP contribution in [-0.2, 0) is 0 Å². The molecule has 1 atom stereocenters. The lowest BCUT2D eigenvalue weighted by molar-refractivity contribution is 0.0661. The van der Waals surface area contributed by atoms with Gasteiger partial charge in [0.15, 0.2) is 5.75 Å². The summed E-state index contributed by atoms with van der Waals surface area (Å²) in [6.07, 6.45) is 4.20. The molecule has 0 bridgehead atoms. The molecule has 4 aromatic rings. The lowest BCUT2D eigenvalue weighted by Gasteiger charge is -2.01. The number of aromatic hydroxyl groups is 1. The van der Waals surface area contributed by atoms with E-state index in [0.29, 0.717) is 16.5 Å². The Morgan fingerprint density at radius 3 is 2.48 bits per heavy atom. The minimum atomic E-state index is -1.39. The van der Waals surface area contributed by atoms with Crippen LogP contribution < -0.4 is 0 Å². The standard InChI is InChI=1S/C24H19NO6/c1-13(26)10-11-15-8-5-9-16-17(12-25-19(15)16)20(27)23-21(28)18(22(31-23)24(29)30)14-6-3-2-4-7-14/h2-13,25-26,28H,1H3,(H,29,30). The van der Waals surface area contributed by atoms with Crippen molar-refractivity contribution < 1.29 is 29.3 Å². The van der Waals surface area contributed by atoms with Crippen LogP contribution in [0.15, 0.2) is 65.2 Å². The Balaban J connectivity index is 1.84. The van der Waals surface area contributed by atoms with E-state index in [2.05, 4.69) is 4.98 Å². The van der Waals surface area contributed by atoms with Gasteiger partial charge in [-0.25, -0.2) is 4.79 Å². The highest BCUT2D eigenvalue weighted by Crippen LogP contribution is 2.40. The number of aliphatic hydroxyl groups is 1. The fourth-order valence-electron chi connectivity index (χ4n) is 3.47. The molecule has 156 valence electrons. The van der Waals surface area contributed by atoms with Gasteiger partial charge in [0.05, 0.1) is 22.7 Å². The molecular formula is C24H19NO6. The number of aromatic nitrogens is 1. The Bertz CT molecular complexity index is 1310. The summed E-state index contributed by atoms with van der Waals surface area (Å²) >= 11 is 0. The van der Waals surface area contributed by atoms with Crippen LogP contribution in [0.1, 0.15) is 39.2 Å². The number of fused-ring (bicyclic) bond motifs is 1. The van der Waals surface area contributed by atoms with E-state index in [9.17, 15) is 24.9 Å². The number of carbonyl (C=O) groups excluding carboxylic acids is 1. The van der Waals surface area contributed by atoms with E-state index in [1.807, 2.05) is 6.07 Å². The molecule has 4 N–H and O–H groups in total. The summed E-state index contributed by atoms with van der Waals surface area (Å²) in [6.45, 7) is 1.63. The van der Waals surface area contributed by atoms with Gasteiger partial charge >= 0.3 is 5.97 Å². The normalized spacial score (nSPS) is 12.5. The number of hydrogen-bond donors (Lipinski definition) is 4. The average Bonchev–Trinajstić information content (AvgIpc) is 3.34. The van der Waals surface area contributed by atoms with E-state index in [1.165, 1.54) is 6.20 Å². The molecular weight excluding hydrogens is 398 g/mol. The number of aromatic carboxylic acids is 1. The monoisotopic (exact) mass is 417 g/mol. The van der Waals surface area contributed by atoms with Gasteiger partial charge in [0.25, 0.3) is 0 Å². The Labute approximate surface area is 176 Å². The number of para-hydroxylation sites is 1. The maximum atomic E-state index is 13.2. The second kappa shape index (κ2) is 7.97. The molecule has 0 aliphatic heterocycles. The fourth-order valence-corrected chi connectivity index (χ4v) is 3.47. The van der Waals surface area contributed by atoms with E-state index in [1.54, 1.807) is 61.5 Å². The van der Waals surface area contributed by atoms with Gasteiger partial charge in [0.1, 0.15) is 0 Å². The number of aliphatic hydroxyl groups excluding tert-OH is 1. The molecule has 0 amide bonds. The van der Waals surface area contributed by atoms with Gasteiger partial charge in [-0.2, -0.15) is 0 Å². The van der Waals surface area contributed by atoms with Crippen molar-refractivity contribution in [1.82, 2.24) is 4.98 Å². The summed E-state index contributed by atoms with van der Waals surface area (Å²) in [5.41, 5.74) is 2.03. The minimum absolute atomic E-state index is 0.0446. The number of aromatic amines is 1. The number of furan rings is 1. The van der Waals surface area contributed by atoms with Crippen LogP contribution in [0, 0.1) is 0 Å². The average molecular weight is 417 g/mol. The molecule has 0 aliphatic rings. The van der Waals surface area contributed by atoms with Crippen molar-refractivity contribution in [1.29, 1.82) is 0 Å². The Morgan fingerprint density at radius 1 is 1.06 bits per heavy atom. The van der Waals surface area contributed by atoms with Crippen molar-refractivity contribution >= 4 is 28.7 Å². The van der Waals surface area contributed by atoms with Crippen molar-refractivity contribution in [2.75, 3.05) is 0 Å². The van der Waals surface area contributed by atoms with Crippen LogP contribution in [0.2, 0.25) is 0 Å². The number of carbonyl (C=O) groups is 2. The van der Waals surface area contributed by atoms with Gasteiger partial charge in [-0.1, -0.05) is 60.7 Å². The Hall–Kier alpha value is -4.10. The summed E-state index contributed by atoms with van der Waals surface area (Å²) in [4.78, 5) is 28.0. The van der Waals surface area contributed by atoms with Crippen LogP contribution in [0.4, 0.5) is 0 Å². The van der Waals surface area contributed by atoms with Crippen molar-refractivity contribution in [3.8, 4) is 16.9 Å². The Morgan fingerprint density at radius 2 is 1.81 bits per heavy atom. The highest BCUT2D eigenvalue weighted by atomic mass is 16.4. The summed E-state index contributed by atoms with van der Waals surface area (Å²) in [6, 6.07) is 13.7. The molecule has 4 rings (SSSR count). The number of carboxylic acid groups (broad SMARTS) is 1. The fraction of sp³-hybridized carbons (Fsp3) is 0.0833. The zero-order valence-electron chi connectivity index (χ0n) is 16.5. The summed E-state index contributed by atoms with van der Waals surface area (Å²) < 4.78 is 5.35. The minimum Gasteiger partial charge on any atom is -0.504 e. The number of H-pyrrole nitrogens is 1. The van der Waals surface area contributed by atoms with Crippen LogP contribution in [0.3, 0.4) is 0 Å². The molecule has 0 aliphatic carbocycles. The van der Waals surface area contributed by atoms with E-state index in [0.717, 1.165) is 5.56 Å². The number of hydrogen-bond acceptors (Lipinski definition) is 5. The predicted molar refractivity (Wildman–Crippen MR) is 115 cm³/mol. The lowest BCUT2D eigenvalue weighted by Crippen LogP contribution is -1.99. The maximum Gasteiger partial charge on any atom is 0.372 e. The summed E-state index contributed by atoms with van der Waals surface area (Å²) in [5.74, 6) is -3.51. The first-order valence-electron chi connectivity index (χ1n) is 9.54. The smallest absolute Gasteiger partial charge is 0.372 e. The molecule has 0 saturated heterocycles. The first kappa shape index (κ1) is 20.2. The van der Waals surface area contributed by atoms with Crippen LogP contribution in [0.5, 0.6) is 5.75 Å². The lowest BCUT2D eigenvalue weighted by atomic mass is 10.0. The highest BCUT2D eigenvalue weighted by Gasteiger charge is 2.30. The van der Waals surface area contributed by atoms with Crippen LogP contribution in [-0.4, -0.2) is 38.2 Å². The summed E-state index contributed by atoms with van der Waals surface area (Å²) in [5, 5.41) is 30.3. The van der Waals surface area contributed by atoms with Crippen LogP contribution >= 0.6 is 0 Å². The number of nitrogens with one attached hydrogen (secondary N) is 1. The second-order valence-corrected chi connectivity index (χ2v) is 7.06. The van der Waals surface area contributed by atoms with Crippen molar-refractivity contribution in [2.45, 2.75) is 13.0 Å². The van der Waals surface area contributed by atoms with Crippen molar-refractivity contribution in [3.05, 3.63) is 83.5 Å². The molecule has 0 radical (unpaired) electrons. The van der Waals surface area contributed by atoms with Crippen LogP contribution in [0.25, 0.3) is 28.1 Å². The SMILES string of the molecule is CC(O)C=Cc1cccc2c(C(=O)c3oc(C(=O)O)c(-c4ccccc4)c3O)c[nH]c12. The molecule has 7 nitrogen and oxygen atoms in total. The van der Waals surface area contributed by atoms with Gasteiger partial charge in [-0.3, -0.25) is 4.79 Å². The van der Waals surface area contributed by atoms with Gasteiger partial charge < -0.3 is 24.7 Å². The largest absolute Gasteiger partial charge is 0.504 e. The molecule has 1 unspecified atom stereocenters. The molecule has 0 saturated carbocycles. The molecule has 2 aromatic carbocycles. The first-order valence-corrected chi connectivity index (χ1v) is 9.54. The third kappa shape index (κ3) is 3.62. The van der Waals surface area contributed by atoms with Gasteiger partial charge in [0, 0.05) is 11.6 Å². The number of ketones is 1. The van der Waals surface area contributed by atoms with Gasteiger partial charge in [-0.15, -0.1) is 0 Å². The highest BCUT2D eigenvalue weighted by molar-refractivity contribution is 6.18. The topological polar surface area (TPSA) is 124 Å². The van der Waals surface area contributed by atoms with E-state index in [-0.39, 0.29) is 11.1 Å². The molecule has 2 heterocycles. The third-order valence-electron chi connectivity index (χ3n) is 4.89. The second-order valence-electron chi connectivity index (χ2n) is 7.06. The van der Waals surface area contributed by atoms with Crippen molar-refractivity contribution in [3.63, 3.8) is 0 Å². The molecule has 0 fully saturated rings.